The average molecular weight is 294 g/mol. The number of ether oxygens (including phenoxy) is 1. The number of nitrogens with one attached hydrogen (secondary N) is 1. The van der Waals surface area contributed by atoms with Gasteiger partial charge in [0.15, 0.2) is 0 Å². The van der Waals surface area contributed by atoms with Crippen LogP contribution in [0.15, 0.2) is 4.79 Å². The molecule has 0 fully saturated rings. The molecule has 0 spiro atoms. The number of fused-ring (bicyclic) bond motifs is 3. The molecule has 0 radical (unpaired) electrons. The Bertz CT molecular complexity index is 719. The van der Waals surface area contributed by atoms with Gasteiger partial charge in [-0.05, 0) is 31.2 Å². The molecule has 0 amide bonds. The highest BCUT2D eigenvalue weighted by Crippen LogP contribution is 2.33. The van der Waals surface area contributed by atoms with Crippen LogP contribution in [0.3, 0.4) is 0 Å². The highest BCUT2D eigenvalue weighted by molar-refractivity contribution is 7.18. The lowest BCUT2D eigenvalue weighted by atomic mass is 9.97. The van der Waals surface area contributed by atoms with E-state index in [1.54, 1.807) is 11.3 Å². The maximum absolute atomic E-state index is 12.2. The lowest BCUT2D eigenvalue weighted by Crippen LogP contribution is -2.15. The molecule has 0 aromatic carbocycles. The molecule has 0 saturated heterocycles. The minimum Gasteiger partial charge on any atom is -0.480 e. The lowest BCUT2D eigenvalue weighted by molar-refractivity contribution is -0.142. The molecular formula is C13H14N2O4S. The largest absolute Gasteiger partial charge is 0.480 e. The van der Waals surface area contributed by atoms with Gasteiger partial charge >= 0.3 is 5.97 Å². The lowest BCUT2D eigenvalue weighted by Gasteiger charge is -2.09. The summed E-state index contributed by atoms with van der Waals surface area (Å²) in [6.45, 7) is -0.400. The maximum Gasteiger partial charge on any atom is 0.329 e. The number of thiophene rings is 1. The van der Waals surface area contributed by atoms with Crippen molar-refractivity contribution in [2.45, 2.75) is 32.3 Å². The summed E-state index contributed by atoms with van der Waals surface area (Å²) < 4.78 is 4.96. The number of carbonyl (C=O) groups is 1. The van der Waals surface area contributed by atoms with Crippen molar-refractivity contribution in [2.75, 3.05) is 6.61 Å². The standard InChI is InChI=1S/C13H14N2O4S/c16-10(17)6-19-5-9-14-12(18)11-7-3-1-2-4-8(7)20-13(11)15-9/h1-6H2,(H,16,17)(H,14,15,18). The van der Waals surface area contributed by atoms with E-state index in [1.165, 1.54) is 4.88 Å². The molecule has 0 saturated carbocycles. The Morgan fingerprint density at radius 3 is 3.00 bits per heavy atom. The number of nitrogens with zero attached hydrogens (tertiary/aromatic N) is 1. The molecule has 6 nitrogen and oxygen atoms in total. The van der Waals surface area contributed by atoms with Crippen molar-refractivity contribution in [3.63, 3.8) is 0 Å². The second-order valence-electron chi connectivity index (χ2n) is 4.79. The first-order valence-electron chi connectivity index (χ1n) is 6.48. The molecule has 20 heavy (non-hydrogen) atoms. The van der Waals surface area contributed by atoms with Crippen molar-refractivity contribution >= 4 is 27.5 Å². The van der Waals surface area contributed by atoms with E-state index in [0.29, 0.717) is 11.2 Å². The number of aromatic nitrogens is 2. The summed E-state index contributed by atoms with van der Waals surface area (Å²) in [6, 6.07) is 0. The average Bonchev–Trinajstić information content (AvgIpc) is 2.76. The monoisotopic (exact) mass is 294 g/mol. The molecule has 0 bridgehead atoms. The summed E-state index contributed by atoms with van der Waals surface area (Å²) in [7, 11) is 0. The van der Waals surface area contributed by atoms with Gasteiger partial charge in [0.25, 0.3) is 5.56 Å². The highest BCUT2D eigenvalue weighted by Gasteiger charge is 2.19. The van der Waals surface area contributed by atoms with Gasteiger partial charge in [-0.1, -0.05) is 0 Å². The van der Waals surface area contributed by atoms with Gasteiger partial charge in [0.05, 0.1) is 5.39 Å². The van der Waals surface area contributed by atoms with Crippen molar-refractivity contribution in [1.29, 1.82) is 0 Å². The molecule has 0 unspecified atom stereocenters. The van der Waals surface area contributed by atoms with Gasteiger partial charge < -0.3 is 14.8 Å². The third-order valence-corrected chi connectivity index (χ3v) is 4.52. The van der Waals surface area contributed by atoms with Crippen molar-refractivity contribution in [1.82, 2.24) is 9.97 Å². The summed E-state index contributed by atoms with van der Waals surface area (Å²) in [5.74, 6) is -0.664. The number of aliphatic carboxylic acids is 1. The molecule has 2 aromatic heterocycles. The topological polar surface area (TPSA) is 92.3 Å². The Hall–Kier alpha value is -1.73. The second kappa shape index (κ2) is 5.34. The van der Waals surface area contributed by atoms with Crippen LogP contribution < -0.4 is 5.56 Å². The van der Waals surface area contributed by atoms with Crippen LogP contribution in [0, 0.1) is 0 Å². The van der Waals surface area contributed by atoms with E-state index < -0.39 is 12.6 Å². The maximum atomic E-state index is 12.2. The number of aromatic amines is 1. The van der Waals surface area contributed by atoms with Crippen LogP contribution in [-0.4, -0.2) is 27.7 Å². The van der Waals surface area contributed by atoms with Gasteiger partial charge in [0, 0.05) is 4.88 Å². The van der Waals surface area contributed by atoms with Crippen LogP contribution in [0.1, 0.15) is 29.1 Å². The van der Waals surface area contributed by atoms with Crippen LogP contribution in [0.4, 0.5) is 0 Å². The molecule has 3 rings (SSSR count). The van der Waals surface area contributed by atoms with Gasteiger partial charge in [-0.15, -0.1) is 11.3 Å². The van der Waals surface area contributed by atoms with Crippen LogP contribution >= 0.6 is 11.3 Å². The first-order chi connectivity index (χ1) is 9.65. The number of H-pyrrole nitrogens is 1. The van der Waals surface area contributed by atoms with Crippen LogP contribution in [0.2, 0.25) is 0 Å². The predicted octanol–water partition coefficient (Wildman–Crippen LogP) is 1.46. The third-order valence-electron chi connectivity index (χ3n) is 3.34. The number of carboxylic acids is 1. The van der Waals surface area contributed by atoms with Crippen molar-refractivity contribution < 1.29 is 14.6 Å². The fourth-order valence-electron chi connectivity index (χ4n) is 2.51. The van der Waals surface area contributed by atoms with E-state index in [-0.39, 0.29) is 12.2 Å². The minimum absolute atomic E-state index is 0.0000463. The molecule has 7 heteroatoms. The Morgan fingerprint density at radius 2 is 2.20 bits per heavy atom. The molecule has 2 N–H and O–H groups in total. The molecule has 106 valence electrons. The highest BCUT2D eigenvalue weighted by atomic mass is 32.1. The van der Waals surface area contributed by atoms with Crippen LogP contribution in [0.25, 0.3) is 10.2 Å². The molecule has 2 heterocycles. The van der Waals surface area contributed by atoms with E-state index in [1.807, 2.05) is 0 Å². The van der Waals surface area contributed by atoms with Crippen molar-refractivity contribution in [3.8, 4) is 0 Å². The normalized spacial score (nSPS) is 14.4. The SMILES string of the molecule is O=C(O)COCc1nc2sc3c(c2c(=O)[nH]1)CCCC3. The number of carboxylic acid groups (broad SMARTS) is 1. The van der Waals surface area contributed by atoms with E-state index >= 15 is 0 Å². The number of hydrogen-bond donors (Lipinski definition) is 2. The fraction of sp³-hybridized carbons (Fsp3) is 0.462. The summed E-state index contributed by atoms with van der Waals surface area (Å²) >= 11 is 1.56. The fourth-order valence-corrected chi connectivity index (χ4v) is 3.79. The first kappa shape index (κ1) is 13.3. The molecule has 0 aliphatic heterocycles. The predicted molar refractivity (Wildman–Crippen MR) is 74.2 cm³/mol. The zero-order valence-corrected chi connectivity index (χ0v) is 11.6. The van der Waals surface area contributed by atoms with E-state index in [2.05, 4.69) is 9.97 Å². The summed E-state index contributed by atoms with van der Waals surface area (Å²) in [6.07, 6.45) is 4.23. The Balaban J connectivity index is 1.94. The van der Waals surface area contributed by atoms with Gasteiger partial charge in [-0.3, -0.25) is 4.79 Å². The first-order valence-corrected chi connectivity index (χ1v) is 7.30. The van der Waals surface area contributed by atoms with Crippen molar-refractivity contribution in [3.05, 3.63) is 26.6 Å². The number of rotatable bonds is 4. The van der Waals surface area contributed by atoms with Gasteiger partial charge in [-0.2, -0.15) is 0 Å². The Kier molecular flexibility index (Phi) is 3.54. The van der Waals surface area contributed by atoms with Crippen molar-refractivity contribution in [2.24, 2.45) is 0 Å². The Morgan fingerprint density at radius 1 is 1.40 bits per heavy atom. The summed E-state index contributed by atoms with van der Waals surface area (Å²) in [5, 5.41) is 9.21. The van der Waals surface area contributed by atoms with E-state index in [0.717, 1.165) is 36.1 Å². The molecule has 1 aliphatic carbocycles. The number of aryl methyl sites for hydroxylation is 2. The molecule has 0 atom stereocenters. The van der Waals surface area contributed by atoms with E-state index in [9.17, 15) is 9.59 Å². The molecular weight excluding hydrogens is 280 g/mol. The zero-order valence-electron chi connectivity index (χ0n) is 10.8. The summed E-state index contributed by atoms with van der Waals surface area (Å²) in [5.41, 5.74) is 0.992. The van der Waals surface area contributed by atoms with Crippen LogP contribution in [0.5, 0.6) is 0 Å². The quantitative estimate of drug-likeness (QED) is 0.890. The van der Waals surface area contributed by atoms with Gasteiger partial charge in [0.1, 0.15) is 23.9 Å². The molecule has 2 aromatic rings. The van der Waals surface area contributed by atoms with Crippen LogP contribution in [-0.2, 0) is 29.0 Å². The second-order valence-corrected chi connectivity index (χ2v) is 5.87. The Labute approximate surface area is 118 Å². The third kappa shape index (κ3) is 2.46. The summed E-state index contributed by atoms with van der Waals surface area (Å²) in [4.78, 5) is 31.6. The van der Waals surface area contributed by atoms with Gasteiger partial charge in [-0.25, -0.2) is 9.78 Å². The van der Waals surface area contributed by atoms with E-state index in [4.69, 9.17) is 9.84 Å². The number of hydrogen-bond acceptors (Lipinski definition) is 5. The smallest absolute Gasteiger partial charge is 0.329 e. The van der Waals surface area contributed by atoms with Gasteiger partial charge in [0.2, 0.25) is 0 Å². The molecule has 1 aliphatic rings. The minimum atomic E-state index is -1.04. The zero-order chi connectivity index (χ0) is 14.1.